The molecule has 0 radical (unpaired) electrons. The van der Waals surface area contributed by atoms with Crippen LogP contribution in [0.1, 0.15) is 15.9 Å². The molecule has 2 aromatic rings. The highest BCUT2D eigenvalue weighted by Gasteiger charge is 2.12. The Hall–Kier alpha value is -1.95. The van der Waals surface area contributed by atoms with Gasteiger partial charge in [0.15, 0.2) is 0 Å². The zero-order chi connectivity index (χ0) is 14.0. The van der Waals surface area contributed by atoms with Gasteiger partial charge in [-0.25, -0.2) is 14.2 Å². The molecule has 0 saturated heterocycles. The maximum Gasteiger partial charge on any atom is 0.339 e. The molecule has 2 N–H and O–H groups in total. The summed E-state index contributed by atoms with van der Waals surface area (Å²) in [5.74, 6) is -1.34. The number of carboxylic acid groups (broad SMARTS) is 1. The maximum atomic E-state index is 13.5. The zero-order valence-corrected chi connectivity index (χ0v) is 11.5. The van der Waals surface area contributed by atoms with Crippen LogP contribution in [0.25, 0.3) is 0 Å². The number of aromatic carboxylic acids is 1. The Labute approximate surface area is 117 Å². The Bertz CT molecular complexity index is 647. The van der Waals surface area contributed by atoms with Crippen LogP contribution < -0.4 is 5.32 Å². The molecule has 1 aromatic carbocycles. The van der Waals surface area contributed by atoms with Gasteiger partial charge in [-0.1, -0.05) is 0 Å². The molecule has 0 aliphatic carbocycles. The van der Waals surface area contributed by atoms with Crippen LogP contribution in [0.3, 0.4) is 0 Å². The Morgan fingerprint density at radius 2 is 2.21 bits per heavy atom. The van der Waals surface area contributed by atoms with Crippen molar-refractivity contribution in [1.82, 2.24) is 4.98 Å². The summed E-state index contributed by atoms with van der Waals surface area (Å²) in [7, 11) is 0. The van der Waals surface area contributed by atoms with Crippen molar-refractivity contribution < 1.29 is 14.3 Å². The summed E-state index contributed by atoms with van der Waals surface area (Å²) in [6.45, 7) is 1.79. The Morgan fingerprint density at radius 3 is 2.89 bits per heavy atom. The van der Waals surface area contributed by atoms with Crippen LogP contribution in [-0.2, 0) is 0 Å². The third kappa shape index (κ3) is 2.90. The van der Waals surface area contributed by atoms with E-state index in [1.54, 1.807) is 13.0 Å². The first-order chi connectivity index (χ1) is 8.99. The maximum absolute atomic E-state index is 13.5. The fourth-order valence-electron chi connectivity index (χ4n) is 1.59. The Kier molecular flexibility index (Phi) is 3.80. The molecule has 6 heteroatoms. The molecule has 0 spiro atoms. The summed E-state index contributed by atoms with van der Waals surface area (Å²) in [5.41, 5.74) is 1.28. The van der Waals surface area contributed by atoms with E-state index in [2.05, 4.69) is 26.2 Å². The quantitative estimate of drug-likeness (QED) is 0.902. The summed E-state index contributed by atoms with van der Waals surface area (Å²) in [6.07, 6.45) is 1.47. The van der Waals surface area contributed by atoms with Gasteiger partial charge in [0.1, 0.15) is 17.2 Å². The largest absolute Gasteiger partial charge is 0.478 e. The normalized spacial score (nSPS) is 10.3. The number of pyridine rings is 1. The first-order valence-corrected chi connectivity index (χ1v) is 6.19. The van der Waals surface area contributed by atoms with Gasteiger partial charge in [0.25, 0.3) is 0 Å². The third-order valence-corrected chi connectivity index (χ3v) is 3.17. The second kappa shape index (κ2) is 5.36. The van der Waals surface area contributed by atoms with Gasteiger partial charge in [-0.2, -0.15) is 0 Å². The van der Waals surface area contributed by atoms with Crippen LogP contribution in [0.2, 0.25) is 0 Å². The van der Waals surface area contributed by atoms with E-state index >= 15 is 0 Å². The summed E-state index contributed by atoms with van der Waals surface area (Å²) in [5, 5.41) is 11.9. The molecule has 4 nitrogen and oxygen atoms in total. The number of aromatic nitrogens is 1. The minimum Gasteiger partial charge on any atom is -0.478 e. The molecule has 0 aliphatic rings. The van der Waals surface area contributed by atoms with E-state index in [-0.39, 0.29) is 11.4 Å². The average molecular weight is 325 g/mol. The number of hydrogen-bond donors (Lipinski definition) is 2. The van der Waals surface area contributed by atoms with Gasteiger partial charge in [-0.05, 0) is 52.7 Å². The molecule has 0 atom stereocenters. The van der Waals surface area contributed by atoms with Crippen molar-refractivity contribution in [2.75, 3.05) is 5.32 Å². The number of carbonyl (C=O) groups is 1. The monoisotopic (exact) mass is 324 g/mol. The molecule has 98 valence electrons. The van der Waals surface area contributed by atoms with Gasteiger partial charge < -0.3 is 10.4 Å². The molecule has 0 amide bonds. The molecular weight excluding hydrogens is 315 g/mol. The van der Waals surface area contributed by atoms with Gasteiger partial charge in [0.05, 0.1) is 4.47 Å². The fraction of sp³-hybridized carbons (Fsp3) is 0.0769. The summed E-state index contributed by atoms with van der Waals surface area (Å²) >= 11 is 3.09. The van der Waals surface area contributed by atoms with Crippen LogP contribution in [0.15, 0.2) is 34.9 Å². The molecule has 1 aromatic heterocycles. The number of aryl methyl sites for hydroxylation is 1. The molecule has 2 rings (SSSR count). The molecule has 1 heterocycles. The van der Waals surface area contributed by atoms with E-state index in [0.717, 1.165) is 5.56 Å². The minimum absolute atomic E-state index is 0.0326. The first kappa shape index (κ1) is 13.5. The van der Waals surface area contributed by atoms with E-state index in [9.17, 15) is 9.18 Å². The number of carboxylic acids is 1. The lowest BCUT2D eigenvalue weighted by Gasteiger charge is -2.11. The summed E-state index contributed by atoms with van der Waals surface area (Å²) < 4.78 is 13.9. The minimum atomic E-state index is -1.09. The number of halogens is 2. The number of nitrogens with zero attached hydrogens (tertiary/aromatic N) is 1. The molecule has 0 fully saturated rings. The number of nitrogens with one attached hydrogen (secondary N) is 1. The van der Waals surface area contributed by atoms with E-state index in [0.29, 0.717) is 10.2 Å². The highest BCUT2D eigenvalue weighted by atomic mass is 79.9. The highest BCUT2D eigenvalue weighted by Crippen LogP contribution is 2.27. The van der Waals surface area contributed by atoms with E-state index in [1.807, 2.05) is 0 Å². The van der Waals surface area contributed by atoms with Gasteiger partial charge in [0.2, 0.25) is 0 Å². The summed E-state index contributed by atoms with van der Waals surface area (Å²) in [6, 6.07) is 5.87. The lowest BCUT2D eigenvalue weighted by Crippen LogP contribution is -2.05. The van der Waals surface area contributed by atoms with E-state index in [1.165, 1.54) is 24.4 Å². The van der Waals surface area contributed by atoms with Gasteiger partial charge in [-0.3, -0.25) is 0 Å². The zero-order valence-electron chi connectivity index (χ0n) is 9.95. The van der Waals surface area contributed by atoms with Crippen LogP contribution in [0.5, 0.6) is 0 Å². The van der Waals surface area contributed by atoms with Gasteiger partial charge >= 0.3 is 5.97 Å². The van der Waals surface area contributed by atoms with Crippen molar-refractivity contribution in [3.63, 3.8) is 0 Å². The first-order valence-electron chi connectivity index (χ1n) is 5.40. The second-order valence-electron chi connectivity index (χ2n) is 3.91. The van der Waals surface area contributed by atoms with Crippen LogP contribution in [0, 0.1) is 12.7 Å². The Balaban J connectivity index is 2.42. The predicted octanol–water partition coefficient (Wildman–Crippen LogP) is 3.73. The standard InChI is InChI=1S/C13H10BrFN2O2/c1-7-5-9(14)10(15)6-11(7)17-12-8(13(18)19)3-2-4-16-12/h2-6H,1H3,(H,16,17)(H,18,19). The van der Waals surface area contributed by atoms with Crippen LogP contribution in [0.4, 0.5) is 15.9 Å². The van der Waals surface area contributed by atoms with Crippen LogP contribution >= 0.6 is 15.9 Å². The predicted molar refractivity (Wildman–Crippen MR) is 73.3 cm³/mol. The number of rotatable bonds is 3. The second-order valence-corrected chi connectivity index (χ2v) is 4.77. The molecular formula is C13H10BrFN2O2. The van der Waals surface area contributed by atoms with Crippen molar-refractivity contribution in [3.8, 4) is 0 Å². The van der Waals surface area contributed by atoms with Crippen molar-refractivity contribution in [2.24, 2.45) is 0 Å². The number of anilines is 2. The van der Waals surface area contributed by atoms with Crippen molar-refractivity contribution in [1.29, 1.82) is 0 Å². The molecule has 0 aliphatic heterocycles. The van der Waals surface area contributed by atoms with E-state index in [4.69, 9.17) is 5.11 Å². The Morgan fingerprint density at radius 1 is 1.47 bits per heavy atom. The van der Waals surface area contributed by atoms with Crippen molar-refractivity contribution >= 4 is 33.4 Å². The lowest BCUT2D eigenvalue weighted by atomic mass is 10.2. The number of hydrogen-bond acceptors (Lipinski definition) is 3. The highest BCUT2D eigenvalue weighted by molar-refractivity contribution is 9.10. The van der Waals surface area contributed by atoms with Gasteiger partial charge in [-0.15, -0.1) is 0 Å². The van der Waals surface area contributed by atoms with Gasteiger partial charge in [0, 0.05) is 11.9 Å². The average Bonchev–Trinajstić information content (AvgIpc) is 2.36. The number of benzene rings is 1. The van der Waals surface area contributed by atoms with Crippen LogP contribution in [-0.4, -0.2) is 16.1 Å². The van der Waals surface area contributed by atoms with Crippen molar-refractivity contribution in [3.05, 3.63) is 51.9 Å². The molecule has 0 saturated carbocycles. The molecule has 0 bridgehead atoms. The van der Waals surface area contributed by atoms with E-state index < -0.39 is 11.8 Å². The lowest BCUT2D eigenvalue weighted by molar-refractivity contribution is 0.0697. The molecule has 19 heavy (non-hydrogen) atoms. The summed E-state index contributed by atoms with van der Waals surface area (Å²) in [4.78, 5) is 15.0. The molecule has 0 unspecified atom stereocenters. The smallest absolute Gasteiger partial charge is 0.339 e. The topological polar surface area (TPSA) is 62.2 Å². The fourth-order valence-corrected chi connectivity index (χ4v) is 2.04. The SMILES string of the molecule is Cc1cc(Br)c(F)cc1Nc1ncccc1C(=O)O. The van der Waals surface area contributed by atoms with Crippen molar-refractivity contribution in [2.45, 2.75) is 6.92 Å². The third-order valence-electron chi connectivity index (χ3n) is 2.56.